The van der Waals surface area contributed by atoms with Crippen LogP contribution in [-0.4, -0.2) is 48.3 Å². The minimum atomic E-state index is -0.799. The Morgan fingerprint density at radius 1 is 1.11 bits per heavy atom. The van der Waals surface area contributed by atoms with Gasteiger partial charge in [-0.1, -0.05) is 6.07 Å². The van der Waals surface area contributed by atoms with E-state index in [2.05, 4.69) is 31.6 Å². The van der Waals surface area contributed by atoms with Crippen LogP contribution in [-0.2, 0) is 6.54 Å². The zero-order valence-corrected chi connectivity index (χ0v) is 21.4. The molecule has 4 aromatic rings. The predicted molar refractivity (Wildman–Crippen MR) is 144 cm³/mol. The highest BCUT2D eigenvalue weighted by Crippen LogP contribution is 2.38. The number of rotatable bonds is 5. The number of imidazole rings is 1. The maximum absolute atomic E-state index is 10.8. The molecule has 0 amide bonds. The van der Waals surface area contributed by atoms with E-state index in [0.29, 0.717) is 12.4 Å². The van der Waals surface area contributed by atoms with E-state index in [0.717, 1.165) is 71.0 Å². The number of nitrogens with one attached hydrogen (secondary N) is 2. The number of hydrogen-bond donors (Lipinski definition) is 4. The molecule has 0 aliphatic carbocycles. The molecule has 0 spiro atoms. The van der Waals surface area contributed by atoms with Gasteiger partial charge in [-0.15, -0.1) is 0 Å². The molecule has 4 aromatic heterocycles. The van der Waals surface area contributed by atoms with E-state index in [9.17, 15) is 10.2 Å². The van der Waals surface area contributed by atoms with E-state index < -0.39 is 11.8 Å². The summed E-state index contributed by atoms with van der Waals surface area (Å²) in [5, 5.41) is 27.7. The molecule has 0 aromatic carbocycles. The van der Waals surface area contributed by atoms with Crippen molar-refractivity contribution in [2.24, 2.45) is 5.92 Å². The van der Waals surface area contributed by atoms with Gasteiger partial charge in [0.2, 0.25) is 0 Å². The lowest BCUT2D eigenvalue weighted by Gasteiger charge is -2.39. The fraction of sp³-hybridized carbons (Fsp3) is 0.393. The molecule has 1 fully saturated rings. The van der Waals surface area contributed by atoms with E-state index >= 15 is 0 Å². The zero-order chi connectivity index (χ0) is 25.7. The highest BCUT2D eigenvalue weighted by Gasteiger charge is 2.32. The lowest BCUT2D eigenvalue weighted by Crippen LogP contribution is -2.44. The van der Waals surface area contributed by atoms with Gasteiger partial charge >= 0.3 is 0 Å². The fourth-order valence-electron chi connectivity index (χ4n) is 5.58. The fourth-order valence-corrected chi connectivity index (χ4v) is 5.58. The second-order valence-corrected chi connectivity index (χ2v) is 10.7. The Hall–Kier alpha value is -3.53. The Morgan fingerprint density at radius 3 is 2.76 bits per heavy atom. The van der Waals surface area contributed by atoms with E-state index in [-0.39, 0.29) is 5.92 Å². The van der Waals surface area contributed by atoms with E-state index in [1.54, 1.807) is 6.20 Å². The molecule has 192 valence electrons. The smallest absolute Gasteiger partial charge is 0.140 e. The van der Waals surface area contributed by atoms with Crippen LogP contribution in [0.2, 0.25) is 0 Å². The Kier molecular flexibility index (Phi) is 5.86. The molecular formula is C28H33N7O2. The number of nitrogens with zero attached hydrogens (tertiary/aromatic N) is 5. The van der Waals surface area contributed by atoms with E-state index in [1.165, 1.54) is 0 Å². The van der Waals surface area contributed by atoms with Crippen LogP contribution in [0, 0.1) is 12.8 Å². The SMILES string of the molecule is Cc1cccn2c(-c3ncc(Nc4ccc(N5CCC[C@H](C(C)(C)O)C5)cn4)c4c3CNC4O)cnc12. The van der Waals surface area contributed by atoms with E-state index in [4.69, 9.17) is 4.98 Å². The van der Waals surface area contributed by atoms with E-state index in [1.807, 2.05) is 62.0 Å². The molecule has 0 saturated carbocycles. The van der Waals surface area contributed by atoms with Crippen molar-refractivity contribution in [2.75, 3.05) is 23.3 Å². The Balaban J connectivity index is 1.27. The number of hydrogen-bond acceptors (Lipinski definition) is 8. The van der Waals surface area contributed by atoms with Crippen LogP contribution in [0.3, 0.4) is 0 Å². The molecule has 9 heteroatoms. The summed E-state index contributed by atoms with van der Waals surface area (Å²) in [7, 11) is 0. The average Bonchev–Trinajstić information content (AvgIpc) is 3.50. The van der Waals surface area contributed by atoms with Crippen LogP contribution in [0.1, 0.15) is 49.6 Å². The summed E-state index contributed by atoms with van der Waals surface area (Å²) in [5.41, 5.74) is 6.49. The summed E-state index contributed by atoms with van der Waals surface area (Å²) in [4.78, 5) is 16.3. The van der Waals surface area contributed by atoms with Gasteiger partial charge in [0.25, 0.3) is 0 Å². The van der Waals surface area contributed by atoms with Gasteiger partial charge in [0.05, 0.1) is 47.0 Å². The normalized spacial score (nSPS) is 19.9. The van der Waals surface area contributed by atoms with Gasteiger partial charge in [-0.25, -0.2) is 9.97 Å². The number of aromatic nitrogens is 4. The molecule has 2 aliphatic heterocycles. The third kappa shape index (κ3) is 4.33. The van der Waals surface area contributed by atoms with Crippen molar-refractivity contribution in [1.82, 2.24) is 24.7 Å². The second-order valence-electron chi connectivity index (χ2n) is 10.7. The van der Waals surface area contributed by atoms with Crippen molar-refractivity contribution in [3.8, 4) is 11.4 Å². The first-order valence-corrected chi connectivity index (χ1v) is 12.9. The molecule has 6 rings (SSSR count). The molecular weight excluding hydrogens is 466 g/mol. The highest BCUT2D eigenvalue weighted by molar-refractivity contribution is 5.73. The van der Waals surface area contributed by atoms with Crippen molar-refractivity contribution < 1.29 is 10.2 Å². The van der Waals surface area contributed by atoms with Crippen LogP contribution in [0.5, 0.6) is 0 Å². The summed E-state index contributed by atoms with van der Waals surface area (Å²) in [6, 6.07) is 8.04. The largest absolute Gasteiger partial charge is 0.390 e. The molecule has 9 nitrogen and oxygen atoms in total. The summed E-state index contributed by atoms with van der Waals surface area (Å²) < 4.78 is 2.04. The monoisotopic (exact) mass is 499 g/mol. The Bertz CT molecular complexity index is 1440. The quantitative estimate of drug-likeness (QED) is 0.327. The lowest BCUT2D eigenvalue weighted by molar-refractivity contribution is 0.0110. The molecule has 2 atom stereocenters. The maximum atomic E-state index is 10.8. The van der Waals surface area contributed by atoms with Crippen LogP contribution >= 0.6 is 0 Å². The first kappa shape index (κ1) is 23.8. The van der Waals surface area contributed by atoms with Crippen LogP contribution < -0.4 is 15.5 Å². The number of aliphatic hydroxyl groups excluding tert-OH is 1. The Labute approximate surface area is 216 Å². The van der Waals surface area contributed by atoms with Crippen molar-refractivity contribution in [2.45, 2.75) is 52.0 Å². The van der Waals surface area contributed by atoms with Crippen molar-refractivity contribution in [1.29, 1.82) is 0 Å². The lowest BCUT2D eigenvalue weighted by atomic mass is 9.84. The first-order chi connectivity index (χ1) is 17.8. The van der Waals surface area contributed by atoms with Gasteiger partial charge in [0.1, 0.15) is 17.7 Å². The summed E-state index contributed by atoms with van der Waals surface area (Å²) in [6.07, 6.45) is 8.74. The topological polar surface area (TPSA) is 111 Å². The predicted octanol–water partition coefficient (Wildman–Crippen LogP) is 3.92. The number of aryl methyl sites for hydroxylation is 1. The van der Waals surface area contributed by atoms with Crippen LogP contribution in [0.4, 0.5) is 17.2 Å². The molecule has 0 bridgehead atoms. The molecule has 2 aliphatic rings. The number of aliphatic hydroxyl groups is 2. The molecule has 1 saturated heterocycles. The van der Waals surface area contributed by atoms with Crippen molar-refractivity contribution in [3.05, 3.63) is 65.7 Å². The number of piperidine rings is 1. The maximum Gasteiger partial charge on any atom is 0.140 e. The molecule has 1 unspecified atom stereocenters. The third-order valence-electron chi connectivity index (χ3n) is 7.74. The van der Waals surface area contributed by atoms with Crippen molar-refractivity contribution in [3.63, 3.8) is 0 Å². The summed E-state index contributed by atoms with van der Waals surface area (Å²) in [5.74, 6) is 0.915. The molecule has 0 radical (unpaired) electrons. The zero-order valence-electron chi connectivity index (χ0n) is 21.4. The highest BCUT2D eigenvalue weighted by atomic mass is 16.3. The van der Waals surface area contributed by atoms with Crippen LogP contribution in [0.25, 0.3) is 17.0 Å². The number of fused-ring (bicyclic) bond motifs is 2. The van der Waals surface area contributed by atoms with Gasteiger partial charge in [-0.3, -0.25) is 14.7 Å². The van der Waals surface area contributed by atoms with Gasteiger partial charge in [0.15, 0.2) is 0 Å². The second kappa shape index (κ2) is 9.09. The van der Waals surface area contributed by atoms with Gasteiger partial charge in [-0.05, 0) is 57.4 Å². The third-order valence-corrected chi connectivity index (χ3v) is 7.74. The Morgan fingerprint density at radius 2 is 1.97 bits per heavy atom. The summed E-state index contributed by atoms with van der Waals surface area (Å²) in [6.45, 7) is 8.11. The molecule has 4 N–H and O–H groups in total. The minimum absolute atomic E-state index is 0.233. The van der Waals surface area contributed by atoms with Gasteiger partial charge < -0.3 is 20.4 Å². The first-order valence-electron chi connectivity index (χ1n) is 12.9. The van der Waals surface area contributed by atoms with Crippen molar-refractivity contribution >= 4 is 22.8 Å². The van der Waals surface area contributed by atoms with Gasteiger partial charge in [-0.2, -0.15) is 0 Å². The van der Waals surface area contributed by atoms with Gasteiger partial charge in [0, 0.05) is 42.9 Å². The standard InChI is InChI=1S/C28H33N7O2/c1-17-6-4-11-35-22(15-31-26(17)35)25-20-13-32-27(36)24(20)21(14-30-25)33-23-9-8-19(12-29-23)34-10-5-7-18(16-34)28(2,3)37/h4,6,8-9,11-12,14-15,18,27,32,36-37H,5,7,10,13,16H2,1-3H3,(H,29,33)/t18-,27?/m0/s1. The number of anilines is 3. The van der Waals surface area contributed by atoms with Crippen LogP contribution in [0.15, 0.2) is 49.1 Å². The summed E-state index contributed by atoms with van der Waals surface area (Å²) >= 11 is 0. The molecule has 6 heterocycles. The molecule has 37 heavy (non-hydrogen) atoms. The minimum Gasteiger partial charge on any atom is -0.390 e. The number of pyridine rings is 3. The average molecular weight is 500 g/mol.